The van der Waals surface area contributed by atoms with E-state index in [-0.39, 0.29) is 11.7 Å². The third kappa shape index (κ3) is 3.94. The van der Waals surface area contributed by atoms with Crippen LogP contribution in [0.2, 0.25) is 0 Å². The van der Waals surface area contributed by atoms with Crippen LogP contribution < -0.4 is 25.4 Å². The summed E-state index contributed by atoms with van der Waals surface area (Å²) < 4.78 is 14.6. The van der Waals surface area contributed by atoms with Crippen LogP contribution in [0.5, 0.6) is 11.5 Å². The van der Waals surface area contributed by atoms with Gasteiger partial charge in [-0.05, 0) is 38.0 Å². The minimum absolute atomic E-state index is 0.0805. The maximum absolute atomic E-state index is 13.3. The van der Waals surface area contributed by atoms with E-state index in [4.69, 9.17) is 9.47 Å². The van der Waals surface area contributed by atoms with Gasteiger partial charge < -0.3 is 24.6 Å². The second-order valence-electron chi connectivity index (χ2n) is 9.06. The number of amides is 2. The Balaban J connectivity index is 1.63. The Hall–Kier alpha value is -4.02. The second kappa shape index (κ2) is 9.21. The molecule has 190 valence electrons. The number of carbonyl (C=O) groups is 1. The molecule has 0 atom stereocenters. The number of rotatable bonds is 7. The summed E-state index contributed by atoms with van der Waals surface area (Å²) in [6.07, 6.45) is 0.693. The molecule has 0 bridgehead atoms. The standard InChI is InChI=1S/C25H31N7O4/c1-15-23(16(2)29(3)28-15)32(11-10-30-9-7-26-24(30)33)22-14-19-18-13-21(36-5)20(35-4)12-17(18)6-8-31(19)25(34)27-22/h12-14H,6-11H2,1-5H3,(H,26,33). The lowest BCUT2D eigenvalue weighted by Gasteiger charge is -2.29. The maximum Gasteiger partial charge on any atom is 0.350 e. The van der Waals surface area contributed by atoms with Crippen molar-refractivity contribution in [3.8, 4) is 22.8 Å². The Labute approximate surface area is 209 Å². The number of fused-ring (bicyclic) bond motifs is 3. The maximum atomic E-state index is 13.3. The first-order valence-electron chi connectivity index (χ1n) is 12.0. The highest BCUT2D eigenvalue weighted by Gasteiger charge is 2.27. The minimum Gasteiger partial charge on any atom is -0.493 e. The van der Waals surface area contributed by atoms with Crippen molar-refractivity contribution < 1.29 is 14.3 Å². The number of nitrogens with zero attached hydrogens (tertiary/aromatic N) is 6. The Kier molecular flexibility index (Phi) is 6.07. The van der Waals surface area contributed by atoms with Gasteiger partial charge >= 0.3 is 11.7 Å². The van der Waals surface area contributed by atoms with Crippen molar-refractivity contribution in [1.29, 1.82) is 0 Å². The second-order valence-corrected chi connectivity index (χ2v) is 9.06. The number of hydrogen-bond donors (Lipinski definition) is 1. The average molecular weight is 494 g/mol. The molecular weight excluding hydrogens is 462 g/mol. The Morgan fingerprint density at radius 1 is 1.08 bits per heavy atom. The highest BCUT2D eigenvalue weighted by molar-refractivity contribution is 5.77. The first-order valence-corrected chi connectivity index (χ1v) is 12.0. The molecule has 11 nitrogen and oxygen atoms in total. The van der Waals surface area contributed by atoms with Crippen LogP contribution in [-0.2, 0) is 20.0 Å². The zero-order valence-corrected chi connectivity index (χ0v) is 21.3. The van der Waals surface area contributed by atoms with Gasteiger partial charge in [-0.3, -0.25) is 9.25 Å². The van der Waals surface area contributed by atoms with Crippen LogP contribution >= 0.6 is 0 Å². The predicted molar refractivity (Wildman–Crippen MR) is 135 cm³/mol. The molecule has 2 aliphatic rings. The van der Waals surface area contributed by atoms with Crippen LogP contribution in [0.15, 0.2) is 23.0 Å². The third-order valence-corrected chi connectivity index (χ3v) is 7.04. The molecule has 11 heteroatoms. The van der Waals surface area contributed by atoms with Gasteiger partial charge in [0.1, 0.15) is 5.82 Å². The van der Waals surface area contributed by atoms with Gasteiger partial charge in [0, 0.05) is 51.4 Å². The molecule has 0 radical (unpaired) electrons. The number of hydrogen-bond acceptors (Lipinski definition) is 7. The van der Waals surface area contributed by atoms with Crippen molar-refractivity contribution in [2.24, 2.45) is 7.05 Å². The average Bonchev–Trinajstić information content (AvgIpc) is 3.39. The lowest BCUT2D eigenvalue weighted by atomic mass is 9.96. The molecule has 0 unspecified atom stereocenters. The van der Waals surface area contributed by atoms with Crippen molar-refractivity contribution in [3.63, 3.8) is 0 Å². The SMILES string of the molecule is COc1cc2c(cc1OC)-c1cc(N(CCN3CCNC3=O)c3c(C)nn(C)c3C)nc(=O)n1CC2. The molecule has 0 spiro atoms. The molecule has 0 aliphatic carbocycles. The highest BCUT2D eigenvalue weighted by Crippen LogP contribution is 2.39. The Morgan fingerprint density at radius 2 is 1.83 bits per heavy atom. The lowest BCUT2D eigenvalue weighted by Crippen LogP contribution is -2.37. The zero-order valence-electron chi connectivity index (χ0n) is 21.3. The molecule has 2 amide bonds. The van der Waals surface area contributed by atoms with Crippen molar-refractivity contribution in [2.75, 3.05) is 45.3 Å². The molecule has 2 aromatic heterocycles. The molecule has 3 aromatic rings. The first kappa shape index (κ1) is 23.7. The monoisotopic (exact) mass is 493 g/mol. The molecule has 1 N–H and O–H groups in total. The summed E-state index contributed by atoms with van der Waals surface area (Å²) in [6, 6.07) is 5.76. The number of carbonyl (C=O) groups excluding carboxylic acids is 1. The van der Waals surface area contributed by atoms with Gasteiger partial charge in [-0.25, -0.2) is 9.59 Å². The van der Waals surface area contributed by atoms with E-state index in [0.29, 0.717) is 56.5 Å². The van der Waals surface area contributed by atoms with E-state index in [1.54, 1.807) is 23.7 Å². The summed E-state index contributed by atoms with van der Waals surface area (Å²) in [6.45, 7) is 6.69. The van der Waals surface area contributed by atoms with Crippen LogP contribution in [-0.4, -0.2) is 70.7 Å². The van der Waals surface area contributed by atoms with E-state index in [1.807, 2.05) is 48.7 Å². The van der Waals surface area contributed by atoms with Gasteiger partial charge in [-0.1, -0.05) is 0 Å². The number of aromatic nitrogens is 4. The number of benzene rings is 1. The fraction of sp³-hybridized carbons (Fsp3) is 0.440. The van der Waals surface area contributed by atoms with Crippen molar-refractivity contribution in [2.45, 2.75) is 26.8 Å². The van der Waals surface area contributed by atoms with Gasteiger partial charge in [0.15, 0.2) is 11.5 Å². The van der Waals surface area contributed by atoms with Crippen LogP contribution in [0.3, 0.4) is 0 Å². The summed E-state index contributed by atoms with van der Waals surface area (Å²) >= 11 is 0. The van der Waals surface area contributed by atoms with E-state index in [1.165, 1.54) is 0 Å². The van der Waals surface area contributed by atoms with E-state index < -0.39 is 0 Å². The van der Waals surface area contributed by atoms with Gasteiger partial charge in [-0.15, -0.1) is 0 Å². The van der Waals surface area contributed by atoms with Crippen LogP contribution in [0.1, 0.15) is 17.0 Å². The number of methoxy groups -OCH3 is 2. The number of urea groups is 1. The highest BCUT2D eigenvalue weighted by atomic mass is 16.5. The van der Waals surface area contributed by atoms with Crippen LogP contribution in [0.25, 0.3) is 11.3 Å². The molecule has 1 fully saturated rings. The minimum atomic E-state index is -0.314. The number of aryl methyl sites for hydroxylation is 3. The molecule has 5 rings (SSSR count). The largest absolute Gasteiger partial charge is 0.493 e. The van der Waals surface area contributed by atoms with E-state index in [0.717, 1.165) is 33.9 Å². The van der Waals surface area contributed by atoms with E-state index in [2.05, 4.69) is 15.4 Å². The number of nitrogens with one attached hydrogen (secondary N) is 1. The molecule has 36 heavy (non-hydrogen) atoms. The third-order valence-electron chi connectivity index (χ3n) is 7.04. The summed E-state index contributed by atoms with van der Waals surface area (Å²) in [5.74, 6) is 1.78. The molecule has 4 heterocycles. The topological polar surface area (TPSA) is 107 Å². The van der Waals surface area contributed by atoms with Crippen molar-refractivity contribution in [3.05, 3.63) is 45.6 Å². The number of ether oxygens (including phenoxy) is 2. The zero-order chi connectivity index (χ0) is 25.6. The fourth-order valence-electron chi connectivity index (χ4n) is 5.11. The molecule has 0 saturated carbocycles. The lowest BCUT2D eigenvalue weighted by molar-refractivity contribution is 0.218. The molecule has 1 aromatic carbocycles. The summed E-state index contributed by atoms with van der Waals surface area (Å²) in [5, 5.41) is 7.42. The van der Waals surface area contributed by atoms with Crippen molar-refractivity contribution in [1.82, 2.24) is 29.5 Å². The quantitative estimate of drug-likeness (QED) is 0.537. The smallest absolute Gasteiger partial charge is 0.350 e. The van der Waals surface area contributed by atoms with Gasteiger partial charge in [0.2, 0.25) is 0 Å². The van der Waals surface area contributed by atoms with Gasteiger partial charge in [0.25, 0.3) is 0 Å². The van der Waals surface area contributed by atoms with Gasteiger partial charge in [-0.2, -0.15) is 10.1 Å². The molecular formula is C25H31N7O4. The van der Waals surface area contributed by atoms with Crippen LogP contribution in [0, 0.1) is 13.8 Å². The summed E-state index contributed by atoms with van der Waals surface area (Å²) in [5.41, 5.74) is 5.12. The van der Waals surface area contributed by atoms with Crippen molar-refractivity contribution >= 4 is 17.5 Å². The summed E-state index contributed by atoms with van der Waals surface area (Å²) in [7, 11) is 5.11. The molecule has 2 aliphatic heterocycles. The first-order chi connectivity index (χ1) is 17.3. The Bertz CT molecular complexity index is 1390. The normalized spacial score (nSPS) is 14.4. The predicted octanol–water partition coefficient (Wildman–Crippen LogP) is 2.00. The van der Waals surface area contributed by atoms with E-state index in [9.17, 15) is 9.59 Å². The fourth-order valence-corrected chi connectivity index (χ4v) is 5.11. The number of anilines is 2. The van der Waals surface area contributed by atoms with Crippen LogP contribution in [0.4, 0.5) is 16.3 Å². The van der Waals surface area contributed by atoms with Gasteiger partial charge in [0.05, 0.1) is 37.0 Å². The molecule has 1 saturated heterocycles. The Morgan fingerprint density at radius 3 is 2.47 bits per heavy atom. The van der Waals surface area contributed by atoms with E-state index >= 15 is 0 Å². The summed E-state index contributed by atoms with van der Waals surface area (Å²) in [4.78, 5) is 33.7.